The third kappa shape index (κ3) is 4.30. The Morgan fingerprint density at radius 3 is 2.22 bits per heavy atom. The summed E-state index contributed by atoms with van der Waals surface area (Å²) in [5.74, 6) is 0.368. The Kier molecular flexibility index (Phi) is 5.94. The van der Waals surface area contributed by atoms with Gasteiger partial charge >= 0.3 is 5.69 Å². The molecule has 0 aliphatic rings. The number of nitrogens with zero attached hydrogens (tertiary/aromatic N) is 5. The van der Waals surface area contributed by atoms with E-state index in [1.807, 2.05) is 86.6 Å². The van der Waals surface area contributed by atoms with E-state index in [0.29, 0.717) is 22.9 Å². The Morgan fingerprint density at radius 2 is 1.57 bits per heavy atom. The Balaban J connectivity index is 1.75. The SMILES string of the molecule is Cn1cc(-c2nc(N)c(-c3ccccc3)cc2-c2ccncc2)n(-c2ccc(C(C)(C)C#N)cc2)c1=O. The van der Waals surface area contributed by atoms with Gasteiger partial charge in [0.2, 0.25) is 0 Å². The van der Waals surface area contributed by atoms with Crippen molar-refractivity contribution in [1.82, 2.24) is 19.1 Å². The number of pyridine rings is 2. The van der Waals surface area contributed by atoms with E-state index < -0.39 is 5.41 Å². The van der Waals surface area contributed by atoms with Crippen molar-refractivity contribution in [2.24, 2.45) is 7.05 Å². The van der Waals surface area contributed by atoms with Gasteiger partial charge in [0.05, 0.1) is 28.6 Å². The van der Waals surface area contributed by atoms with Crippen LogP contribution in [0.15, 0.2) is 96.2 Å². The highest BCUT2D eigenvalue weighted by Crippen LogP contribution is 2.37. The van der Waals surface area contributed by atoms with Gasteiger partial charge in [-0.15, -0.1) is 0 Å². The van der Waals surface area contributed by atoms with Crippen LogP contribution in [-0.4, -0.2) is 19.1 Å². The molecule has 2 aromatic carbocycles. The van der Waals surface area contributed by atoms with E-state index in [2.05, 4.69) is 11.1 Å². The molecule has 0 fully saturated rings. The zero-order chi connectivity index (χ0) is 26.2. The van der Waals surface area contributed by atoms with Crippen molar-refractivity contribution in [1.29, 1.82) is 5.26 Å². The van der Waals surface area contributed by atoms with E-state index >= 15 is 0 Å². The van der Waals surface area contributed by atoms with Crippen LogP contribution in [0.3, 0.4) is 0 Å². The lowest BCUT2D eigenvalue weighted by Gasteiger charge is -2.17. The van der Waals surface area contributed by atoms with Crippen molar-refractivity contribution in [2.75, 3.05) is 5.73 Å². The molecule has 0 aliphatic heterocycles. The molecule has 0 saturated carbocycles. The Labute approximate surface area is 215 Å². The molecule has 0 atom stereocenters. The molecule has 5 rings (SSSR count). The van der Waals surface area contributed by atoms with Gasteiger partial charge in [0.1, 0.15) is 5.82 Å². The predicted molar refractivity (Wildman–Crippen MR) is 146 cm³/mol. The summed E-state index contributed by atoms with van der Waals surface area (Å²) >= 11 is 0. The number of benzene rings is 2. The van der Waals surface area contributed by atoms with Gasteiger partial charge < -0.3 is 10.3 Å². The van der Waals surface area contributed by atoms with Crippen LogP contribution < -0.4 is 11.4 Å². The maximum absolute atomic E-state index is 13.3. The first-order chi connectivity index (χ1) is 17.8. The zero-order valence-electron chi connectivity index (χ0n) is 20.9. The van der Waals surface area contributed by atoms with Crippen molar-refractivity contribution in [2.45, 2.75) is 19.3 Å². The van der Waals surface area contributed by atoms with Crippen LogP contribution in [0.1, 0.15) is 19.4 Å². The maximum Gasteiger partial charge on any atom is 0.333 e. The first-order valence-electron chi connectivity index (χ1n) is 11.9. The fourth-order valence-corrected chi connectivity index (χ4v) is 4.39. The summed E-state index contributed by atoms with van der Waals surface area (Å²) < 4.78 is 3.15. The monoisotopic (exact) mass is 486 g/mol. The molecule has 2 N–H and O–H groups in total. The topological polar surface area (TPSA) is 103 Å². The summed E-state index contributed by atoms with van der Waals surface area (Å²) in [5.41, 5.74) is 11.9. The Bertz CT molecular complexity index is 1680. The second-order valence-electron chi connectivity index (χ2n) is 9.45. The van der Waals surface area contributed by atoms with Crippen molar-refractivity contribution < 1.29 is 0 Å². The van der Waals surface area contributed by atoms with Crippen LogP contribution >= 0.6 is 0 Å². The van der Waals surface area contributed by atoms with Crippen LogP contribution in [0.2, 0.25) is 0 Å². The first-order valence-corrected chi connectivity index (χ1v) is 11.9. The minimum Gasteiger partial charge on any atom is -0.383 e. The summed E-state index contributed by atoms with van der Waals surface area (Å²) in [6, 6.07) is 25.5. The number of hydrogen-bond donors (Lipinski definition) is 1. The Hall–Kier alpha value is -4.96. The van der Waals surface area contributed by atoms with Gasteiger partial charge in [0.15, 0.2) is 0 Å². The predicted octanol–water partition coefficient (Wildman–Crippen LogP) is 5.35. The minimum absolute atomic E-state index is 0.213. The third-order valence-electron chi connectivity index (χ3n) is 6.55. The van der Waals surface area contributed by atoms with Gasteiger partial charge in [0.25, 0.3) is 0 Å². The molecule has 182 valence electrons. The van der Waals surface area contributed by atoms with E-state index in [1.54, 1.807) is 30.2 Å². The molecule has 3 aromatic heterocycles. The number of nitrogens with two attached hydrogens (primary N) is 1. The molecular weight excluding hydrogens is 460 g/mol. The van der Waals surface area contributed by atoms with Crippen molar-refractivity contribution in [3.05, 3.63) is 107 Å². The number of aryl methyl sites for hydroxylation is 1. The molecule has 0 aliphatic carbocycles. The van der Waals surface area contributed by atoms with Crippen molar-refractivity contribution in [3.8, 4) is 45.4 Å². The minimum atomic E-state index is -0.638. The van der Waals surface area contributed by atoms with E-state index in [9.17, 15) is 10.1 Å². The van der Waals surface area contributed by atoms with Crippen LogP contribution in [0.5, 0.6) is 0 Å². The lowest BCUT2D eigenvalue weighted by Crippen LogP contribution is -2.21. The number of rotatable bonds is 5. The van der Waals surface area contributed by atoms with Gasteiger partial charge in [-0.3, -0.25) is 9.55 Å². The summed E-state index contributed by atoms with van der Waals surface area (Å²) in [7, 11) is 1.71. The molecule has 0 bridgehead atoms. The fourth-order valence-electron chi connectivity index (χ4n) is 4.39. The summed E-state index contributed by atoms with van der Waals surface area (Å²) in [6.45, 7) is 3.73. The van der Waals surface area contributed by atoms with Gasteiger partial charge in [-0.2, -0.15) is 5.26 Å². The third-order valence-corrected chi connectivity index (χ3v) is 6.55. The van der Waals surface area contributed by atoms with Crippen LogP contribution in [-0.2, 0) is 12.5 Å². The van der Waals surface area contributed by atoms with Crippen LogP contribution in [0.25, 0.3) is 39.3 Å². The molecule has 0 spiro atoms. The van der Waals surface area contributed by atoms with Crippen LogP contribution in [0.4, 0.5) is 5.82 Å². The number of nitriles is 1. The molecule has 0 amide bonds. The normalized spacial score (nSPS) is 11.3. The van der Waals surface area contributed by atoms with E-state index in [-0.39, 0.29) is 5.69 Å². The molecule has 0 saturated heterocycles. The lowest BCUT2D eigenvalue weighted by molar-refractivity contribution is 0.686. The van der Waals surface area contributed by atoms with Crippen LogP contribution in [0, 0.1) is 11.3 Å². The average molecular weight is 487 g/mol. The van der Waals surface area contributed by atoms with Gasteiger partial charge in [-0.05, 0) is 60.9 Å². The first kappa shape index (κ1) is 23.8. The highest BCUT2D eigenvalue weighted by Gasteiger charge is 2.23. The quantitative estimate of drug-likeness (QED) is 0.361. The maximum atomic E-state index is 13.3. The number of aromatic nitrogens is 4. The average Bonchev–Trinajstić information content (AvgIpc) is 3.23. The molecular formula is C30H26N6O. The summed E-state index contributed by atoms with van der Waals surface area (Å²) in [4.78, 5) is 22.3. The van der Waals surface area contributed by atoms with Gasteiger partial charge in [-0.1, -0.05) is 42.5 Å². The van der Waals surface area contributed by atoms with Gasteiger partial charge in [-0.25, -0.2) is 9.78 Å². The summed E-state index contributed by atoms with van der Waals surface area (Å²) in [5, 5.41) is 9.51. The zero-order valence-corrected chi connectivity index (χ0v) is 20.9. The molecule has 5 aromatic rings. The molecule has 0 unspecified atom stereocenters. The van der Waals surface area contributed by atoms with E-state index in [0.717, 1.165) is 27.8 Å². The summed E-state index contributed by atoms with van der Waals surface area (Å²) in [6.07, 6.45) is 5.22. The van der Waals surface area contributed by atoms with Crippen molar-refractivity contribution in [3.63, 3.8) is 0 Å². The van der Waals surface area contributed by atoms with Crippen molar-refractivity contribution >= 4 is 5.82 Å². The molecule has 0 radical (unpaired) electrons. The standard InChI is InChI=1S/C30H26N6O/c1-30(2,19-31)22-9-11-23(12-10-22)36-26(18-35(3)29(36)37)27-24(21-13-15-33-16-14-21)17-25(28(32)34-27)20-7-5-4-6-8-20/h4-18H,1-3H3,(H2,32,34). The van der Waals surface area contributed by atoms with E-state index in [4.69, 9.17) is 10.7 Å². The number of anilines is 1. The lowest BCUT2D eigenvalue weighted by atomic mass is 9.86. The second-order valence-corrected chi connectivity index (χ2v) is 9.45. The number of imidazole rings is 1. The largest absolute Gasteiger partial charge is 0.383 e. The second kappa shape index (κ2) is 9.25. The van der Waals surface area contributed by atoms with Gasteiger partial charge in [0, 0.05) is 36.8 Å². The smallest absolute Gasteiger partial charge is 0.333 e. The Morgan fingerprint density at radius 1 is 0.919 bits per heavy atom. The number of hydrogen-bond acceptors (Lipinski definition) is 5. The molecule has 7 heteroatoms. The van der Waals surface area contributed by atoms with E-state index in [1.165, 1.54) is 4.57 Å². The number of nitrogen functional groups attached to an aromatic ring is 1. The fraction of sp³-hybridized carbons (Fsp3) is 0.133. The highest BCUT2D eigenvalue weighted by atomic mass is 16.1. The molecule has 7 nitrogen and oxygen atoms in total. The highest BCUT2D eigenvalue weighted by molar-refractivity contribution is 5.87. The molecule has 37 heavy (non-hydrogen) atoms. The molecule has 3 heterocycles.